The molecule has 0 radical (unpaired) electrons. The molecule has 3 N–H and O–H groups in total. The van der Waals surface area contributed by atoms with Crippen molar-refractivity contribution in [2.24, 2.45) is 0 Å². The summed E-state index contributed by atoms with van der Waals surface area (Å²) in [6, 6.07) is 3.03. The largest absolute Gasteiger partial charge is 0.373 e. The van der Waals surface area contributed by atoms with E-state index in [4.69, 9.17) is 0 Å². The summed E-state index contributed by atoms with van der Waals surface area (Å²) >= 11 is 0. The van der Waals surface area contributed by atoms with Gasteiger partial charge >= 0.3 is 0 Å². The lowest BCUT2D eigenvalue weighted by Gasteiger charge is -2.20. The van der Waals surface area contributed by atoms with Crippen molar-refractivity contribution in [3.8, 4) is 0 Å². The normalized spacial score (nSPS) is 12.0. The molecule has 0 aliphatic heterocycles. The number of sulfonamides is 1. The first-order valence-corrected chi connectivity index (χ1v) is 8.07. The van der Waals surface area contributed by atoms with Crippen LogP contribution in [-0.2, 0) is 14.8 Å². The number of aromatic nitrogens is 1. The van der Waals surface area contributed by atoms with Crippen molar-refractivity contribution in [1.29, 1.82) is 0 Å². The first-order valence-electron chi connectivity index (χ1n) is 6.58. The first kappa shape index (κ1) is 17.4. The number of nitrogens with one attached hydrogen (secondary N) is 3. The van der Waals surface area contributed by atoms with Crippen LogP contribution in [0.1, 0.15) is 27.2 Å². The highest BCUT2D eigenvalue weighted by Gasteiger charge is 2.16. The Morgan fingerprint density at radius 2 is 1.95 bits per heavy atom. The molecule has 0 aromatic carbocycles. The van der Waals surface area contributed by atoms with Crippen LogP contribution >= 0.6 is 0 Å². The van der Waals surface area contributed by atoms with Gasteiger partial charge in [0, 0.05) is 31.7 Å². The molecule has 0 atom stereocenters. The van der Waals surface area contributed by atoms with E-state index < -0.39 is 10.0 Å². The zero-order valence-corrected chi connectivity index (χ0v) is 13.5. The molecule has 1 amide bonds. The average Bonchev–Trinajstić information content (AvgIpc) is 2.36. The number of nitrogens with zero attached hydrogens (tertiary/aromatic N) is 1. The maximum absolute atomic E-state index is 12.0. The monoisotopic (exact) mass is 314 g/mol. The number of rotatable bonds is 6. The Kier molecular flexibility index (Phi) is 5.68. The Morgan fingerprint density at radius 1 is 1.29 bits per heavy atom. The van der Waals surface area contributed by atoms with Crippen molar-refractivity contribution in [2.45, 2.75) is 37.6 Å². The van der Waals surface area contributed by atoms with Crippen LogP contribution in [-0.4, -0.2) is 38.4 Å². The lowest BCUT2D eigenvalue weighted by atomic mass is 10.1. The van der Waals surface area contributed by atoms with E-state index in [-0.39, 0.29) is 29.3 Å². The fourth-order valence-electron chi connectivity index (χ4n) is 1.55. The third kappa shape index (κ3) is 6.09. The SMILES string of the molecule is CNc1ccc(S(=O)(=O)NCCC(=O)NC(C)(C)C)cn1. The summed E-state index contributed by atoms with van der Waals surface area (Å²) in [6.45, 7) is 5.64. The number of carbonyl (C=O) groups excluding carboxylic acids is 1. The summed E-state index contributed by atoms with van der Waals surface area (Å²) in [7, 11) is -1.95. The van der Waals surface area contributed by atoms with Gasteiger partial charge in [0.15, 0.2) is 0 Å². The summed E-state index contributed by atoms with van der Waals surface area (Å²) in [5.74, 6) is 0.382. The molecule has 1 heterocycles. The summed E-state index contributed by atoms with van der Waals surface area (Å²) in [4.78, 5) is 15.6. The molecule has 0 spiro atoms. The molecule has 0 aliphatic carbocycles. The van der Waals surface area contributed by atoms with Crippen LogP contribution in [0.25, 0.3) is 0 Å². The van der Waals surface area contributed by atoms with E-state index in [0.29, 0.717) is 5.82 Å². The summed E-state index contributed by atoms with van der Waals surface area (Å²) in [6.07, 6.45) is 1.35. The Morgan fingerprint density at radius 3 is 2.43 bits per heavy atom. The fourth-order valence-corrected chi connectivity index (χ4v) is 2.53. The van der Waals surface area contributed by atoms with E-state index in [1.54, 1.807) is 13.1 Å². The zero-order valence-electron chi connectivity index (χ0n) is 12.7. The maximum atomic E-state index is 12.0. The van der Waals surface area contributed by atoms with Gasteiger partial charge < -0.3 is 10.6 Å². The summed E-state index contributed by atoms with van der Waals surface area (Å²) < 4.78 is 26.4. The highest BCUT2D eigenvalue weighted by atomic mass is 32.2. The molecule has 0 unspecified atom stereocenters. The Balaban J connectivity index is 2.55. The molecule has 0 saturated carbocycles. The van der Waals surface area contributed by atoms with E-state index in [0.717, 1.165) is 0 Å². The lowest BCUT2D eigenvalue weighted by molar-refractivity contribution is -0.122. The fraction of sp³-hybridized carbons (Fsp3) is 0.538. The maximum Gasteiger partial charge on any atom is 0.242 e. The molecule has 1 aromatic heterocycles. The minimum atomic E-state index is -3.64. The molecular weight excluding hydrogens is 292 g/mol. The molecule has 8 heteroatoms. The van der Waals surface area contributed by atoms with E-state index >= 15 is 0 Å². The van der Waals surface area contributed by atoms with Crippen molar-refractivity contribution >= 4 is 21.7 Å². The molecule has 1 aromatic rings. The minimum absolute atomic E-state index is 0.0397. The lowest BCUT2D eigenvalue weighted by Crippen LogP contribution is -2.41. The average molecular weight is 314 g/mol. The Labute approximate surface area is 125 Å². The van der Waals surface area contributed by atoms with Gasteiger partial charge in [-0.05, 0) is 32.9 Å². The van der Waals surface area contributed by atoms with Crippen molar-refractivity contribution < 1.29 is 13.2 Å². The molecule has 0 aliphatic rings. The van der Waals surface area contributed by atoms with Gasteiger partial charge in [0.1, 0.15) is 10.7 Å². The van der Waals surface area contributed by atoms with Gasteiger partial charge in [-0.15, -0.1) is 0 Å². The smallest absolute Gasteiger partial charge is 0.242 e. The third-order valence-electron chi connectivity index (χ3n) is 2.46. The minimum Gasteiger partial charge on any atom is -0.373 e. The molecule has 21 heavy (non-hydrogen) atoms. The van der Waals surface area contributed by atoms with Crippen LogP contribution < -0.4 is 15.4 Å². The first-order chi connectivity index (χ1) is 9.64. The Hall–Kier alpha value is -1.67. The van der Waals surface area contributed by atoms with Crippen LogP contribution in [0.4, 0.5) is 5.82 Å². The third-order valence-corrected chi connectivity index (χ3v) is 3.91. The number of amides is 1. The van der Waals surface area contributed by atoms with Crippen LogP contribution in [0, 0.1) is 0 Å². The number of pyridine rings is 1. The molecule has 0 saturated heterocycles. The molecular formula is C13H22N4O3S. The van der Waals surface area contributed by atoms with Crippen molar-refractivity contribution in [1.82, 2.24) is 15.0 Å². The van der Waals surface area contributed by atoms with E-state index in [9.17, 15) is 13.2 Å². The van der Waals surface area contributed by atoms with Crippen LogP contribution in [0.15, 0.2) is 23.2 Å². The Bertz CT molecular complexity index is 576. The highest BCUT2D eigenvalue weighted by molar-refractivity contribution is 7.89. The van der Waals surface area contributed by atoms with Crippen molar-refractivity contribution in [3.63, 3.8) is 0 Å². The predicted molar refractivity (Wildman–Crippen MR) is 81.5 cm³/mol. The zero-order chi connectivity index (χ0) is 16.1. The van der Waals surface area contributed by atoms with Gasteiger partial charge in [0.05, 0.1) is 0 Å². The van der Waals surface area contributed by atoms with E-state index in [2.05, 4.69) is 20.3 Å². The van der Waals surface area contributed by atoms with Crippen molar-refractivity contribution in [2.75, 3.05) is 18.9 Å². The van der Waals surface area contributed by atoms with Gasteiger partial charge in [0.2, 0.25) is 15.9 Å². The van der Waals surface area contributed by atoms with Crippen molar-refractivity contribution in [3.05, 3.63) is 18.3 Å². The standard InChI is InChI=1S/C13H22N4O3S/c1-13(2,3)17-12(18)7-8-16-21(19,20)10-5-6-11(14-4)15-9-10/h5-6,9,16H,7-8H2,1-4H3,(H,14,15)(H,17,18). The summed E-state index contributed by atoms with van der Waals surface area (Å²) in [5, 5.41) is 5.57. The summed E-state index contributed by atoms with van der Waals surface area (Å²) in [5.41, 5.74) is -0.330. The van der Waals surface area contributed by atoms with Gasteiger partial charge in [-0.2, -0.15) is 0 Å². The van der Waals surface area contributed by atoms with E-state index in [1.165, 1.54) is 12.3 Å². The van der Waals surface area contributed by atoms with Crippen LogP contribution in [0.5, 0.6) is 0 Å². The van der Waals surface area contributed by atoms with Gasteiger partial charge in [-0.1, -0.05) is 0 Å². The molecule has 118 valence electrons. The number of anilines is 1. The topological polar surface area (TPSA) is 100 Å². The van der Waals surface area contributed by atoms with Gasteiger partial charge in [0.25, 0.3) is 0 Å². The number of hydrogen-bond donors (Lipinski definition) is 3. The predicted octanol–water partition coefficient (Wildman–Crippen LogP) is 0.706. The van der Waals surface area contributed by atoms with Gasteiger partial charge in [-0.25, -0.2) is 18.1 Å². The quantitative estimate of drug-likeness (QED) is 0.718. The number of hydrogen-bond acceptors (Lipinski definition) is 5. The molecule has 0 bridgehead atoms. The molecule has 1 rings (SSSR count). The van der Waals surface area contributed by atoms with Crippen LogP contribution in [0.2, 0.25) is 0 Å². The number of carbonyl (C=O) groups is 1. The molecule has 7 nitrogen and oxygen atoms in total. The second-order valence-corrected chi connectivity index (χ2v) is 7.34. The van der Waals surface area contributed by atoms with Gasteiger partial charge in [-0.3, -0.25) is 4.79 Å². The second kappa shape index (κ2) is 6.86. The molecule has 0 fully saturated rings. The van der Waals surface area contributed by atoms with E-state index in [1.807, 2.05) is 20.8 Å². The van der Waals surface area contributed by atoms with Crippen LogP contribution in [0.3, 0.4) is 0 Å². The highest BCUT2D eigenvalue weighted by Crippen LogP contribution is 2.10. The second-order valence-electron chi connectivity index (χ2n) is 5.58.